The summed E-state index contributed by atoms with van der Waals surface area (Å²) < 4.78 is 3.64. The van der Waals surface area contributed by atoms with Gasteiger partial charge < -0.3 is 0 Å². The van der Waals surface area contributed by atoms with E-state index in [9.17, 15) is 10.5 Å². The molecule has 1 atom stereocenters. The lowest BCUT2D eigenvalue weighted by atomic mass is 10.1. The fourth-order valence-corrected chi connectivity index (χ4v) is 8.00. The Hall–Kier alpha value is -2.61. The maximum absolute atomic E-state index is 9.22. The van der Waals surface area contributed by atoms with Gasteiger partial charge in [0.2, 0.25) is 0 Å². The fourth-order valence-electron chi connectivity index (χ4n) is 4.03. The van der Waals surface area contributed by atoms with Crippen LogP contribution in [0.1, 0.15) is 20.2 Å². The second-order valence-corrected chi connectivity index (χ2v) is 11.7. The molecule has 0 radical (unpaired) electrons. The molecule has 0 bridgehead atoms. The lowest BCUT2D eigenvalue weighted by Gasteiger charge is -1.99. The molecule has 0 amide bonds. The average Bonchev–Trinajstić information content (AvgIpc) is 3.53. The van der Waals surface area contributed by atoms with Crippen LogP contribution in [0, 0.1) is 22.7 Å². The van der Waals surface area contributed by atoms with Gasteiger partial charge in [0.25, 0.3) is 0 Å². The van der Waals surface area contributed by atoms with E-state index in [1.807, 2.05) is 23.9 Å². The summed E-state index contributed by atoms with van der Waals surface area (Å²) in [5.41, 5.74) is 1.38. The summed E-state index contributed by atoms with van der Waals surface area (Å²) in [6.07, 6.45) is 5.55. The molecule has 5 aromatic rings. The first-order chi connectivity index (χ1) is 14.7. The molecule has 4 heterocycles. The SMILES string of the molecule is N#Cc1cc2c3c(ccc2s1)SC(/C=C/c1cc2c(ccc4sc(C#N)cc42)s1)C3. The minimum atomic E-state index is 0.410. The fraction of sp³-hybridized carbons (Fsp3) is 0.0833. The van der Waals surface area contributed by atoms with Crippen LogP contribution in [-0.2, 0) is 6.42 Å². The van der Waals surface area contributed by atoms with E-state index in [1.54, 1.807) is 34.0 Å². The first kappa shape index (κ1) is 18.2. The van der Waals surface area contributed by atoms with Crippen LogP contribution in [0.4, 0.5) is 0 Å². The maximum atomic E-state index is 9.22. The van der Waals surface area contributed by atoms with Gasteiger partial charge in [0.15, 0.2) is 0 Å². The summed E-state index contributed by atoms with van der Waals surface area (Å²) >= 11 is 6.83. The Morgan fingerprint density at radius 3 is 2.20 bits per heavy atom. The van der Waals surface area contributed by atoms with Gasteiger partial charge in [-0.15, -0.1) is 45.8 Å². The van der Waals surface area contributed by atoms with Crippen molar-refractivity contribution < 1.29 is 0 Å². The topological polar surface area (TPSA) is 47.6 Å². The number of benzene rings is 2. The van der Waals surface area contributed by atoms with Gasteiger partial charge in [-0.2, -0.15) is 10.5 Å². The molecular formula is C24H12N2S4. The van der Waals surface area contributed by atoms with Crippen molar-refractivity contribution in [3.8, 4) is 12.1 Å². The van der Waals surface area contributed by atoms with Gasteiger partial charge in [0.1, 0.15) is 21.9 Å². The van der Waals surface area contributed by atoms with Crippen LogP contribution in [0.2, 0.25) is 0 Å². The van der Waals surface area contributed by atoms with Crippen LogP contribution in [0.25, 0.3) is 36.3 Å². The number of hydrogen-bond donors (Lipinski definition) is 0. The Bertz CT molecular complexity index is 1580. The normalized spacial score (nSPS) is 15.9. The predicted molar refractivity (Wildman–Crippen MR) is 131 cm³/mol. The number of nitriles is 2. The van der Waals surface area contributed by atoms with Gasteiger partial charge in [-0.25, -0.2) is 0 Å². The van der Waals surface area contributed by atoms with Gasteiger partial charge in [-0.1, -0.05) is 6.08 Å². The highest BCUT2D eigenvalue weighted by Gasteiger charge is 2.23. The van der Waals surface area contributed by atoms with Crippen LogP contribution < -0.4 is 0 Å². The first-order valence-corrected chi connectivity index (χ1v) is 12.7. The Kier molecular flexibility index (Phi) is 4.23. The Balaban J connectivity index is 1.31. The molecule has 0 N–H and O–H groups in total. The van der Waals surface area contributed by atoms with Crippen molar-refractivity contribution in [2.45, 2.75) is 16.6 Å². The Morgan fingerprint density at radius 1 is 0.800 bits per heavy atom. The molecule has 0 spiro atoms. The van der Waals surface area contributed by atoms with Crippen molar-refractivity contribution in [2.24, 2.45) is 0 Å². The molecule has 2 nitrogen and oxygen atoms in total. The molecule has 1 unspecified atom stereocenters. The monoisotopic (exact) mass is 456 g/mol. The molecule has 1 aliphatic rings. The highest BCUT2D eigenvalue weighted by Crippen LogP contribution is 2.44. The zero-order chi connectivity index (χ0) is 20.2. The quantitative estimate of drug-likeness (QED) is 0.272. The summed E-state index contributed by atoms with van der Waals surface area (Å²) in [5.74, 6) is 0. The summed E-state index contributed by atoms with van der Waals surface area (Å²) in [6, 6.07) is 19.5. The zero-order valence-corrected chi connectivity index (χ0v) is 18.8. The summed E-state index contributed by atoms with van der Waals surface area (Å²) in [7, 11) is 0. The van der Waals surface area contributed by atoms with Gasteiger partial charge in [-0.3, -0.25) is 0 Å². The van der Waals surface area contributed by atoms with Crippen LogP contribution >= 0.6 is 45.8 Å². The van der Waals surface area contributed by atoms with Crippen LogP contribution in [0.3, 0.4) is 0 Å². The van der Waals surface area contributed by atoms with Crippen molar-refractivity contribution in [1.29, 1.82) is 10.5 Å². The molecule has 1 aliphatic heterocycles. The van der Waals surface area contributed by atoms with Crippen LogP contribution in [-0.4, -0.2) is 5.25 Å². The van der Waals surface area contributed by atoms with Gasteiger partial charge in [-0.05, 0) is 65.9 Å². The molecule has 0 saturated heterocycles. The molecule has 30 heavy (non-hydrogen) atoms. The summed E-state index contributed by atoms with van der Waals surface area (Å²) in [5, 5.41) is 22.5. The lowest BCUT2D eigenvalue weighted by molar-refractivity contribution is 1.05. The highest BCUT2D eigenvalue weighted by molar-refractivity contribution is 8.00. The first-order valence-electron chi connectivity index (χ1n) is 9.38. The predicted octanol–water partition coefficient (Wildman–Crippen LogP) is 7.80. The molecule has 2 aromatic carbocycles. The van der Waals surface area contributed by atoms with E-state index >= 15 is 0 Å². The zero-order valence-electron chi connectivity index (χ0n) is 15.5. The van der Waals surface area contributed by atoms with E-state index in [4.69, 9.17) is 0 Å². The lowest BCUT2D eigenvalue weighted by Crippen LogP contribution is -1.94. The van der Waals surface area contributed by atoms with Crippen LogP contribution in [0.5, 0.6) is 0 Å². The number of fused-ring (bicyclic) bond motifs is 6. The van der Waals surface area contributed by atoms with E-state index in [0.717, 1.165) is 16.2 Å². The molecule has 142 valence electrons. The molecule has 6 rings (SSSR count). The van der Waals surface area contributed by atoms with Gasteiger partial charge >= 0.3 is 0 Å². The minimum Gasteiger partial charge on any atom is -0.192 e. The summed E-state index contributed by atoms with van der Waals surface area (Å²) in [4.78, 5) is 4.12. The third-order valence-electron chi connectivity index (χ3n) is 5.37. The average molecular weight is 457 g/mol. The third-order valence-corrected chi connectivity index (χ3v) is 9.70. The van der Waals surface area contributed by atoms with Crippen molar-refractivity contribution in [2.75, 3.05) is 0 Å². The number of thiophene rings is 3. The molecule has 6 heteroatoms. The van der Waals surface area contributed by atoms with Crippen molar-refractivity contribution in [3.63, 3.8) is 0 Å². The molecular weight excluding hydrogens is 445 g/mol. The molecule has 3 aromatic heterocycles. The van der Waals surface area contributed by atoms with E-state index in [-0.39, 0.29) is 0 Å². The van der Waals surface area contributed by atoms with Gasteiger partial charge in [0.05, 0.1) is 0 Å². The largest absolute Gasteiger partial charge is 0.192 e. The number of rotatable bonds is 2. The molecule has 0 aliphatic carbocycles. The Labute approximate surface area is 189 Å². The third kappa shape index (κ3) is 2.88. The number of thioether (sulfide) groups is 1. The second kappa shape index (κ2) is 6.97. The number of hydrogen-bond acceptors (Lipinski definition) is 6. The van der Waals surface area contributed by atoms with E-state index in [0.29, 0.717) is 5.25 Å². The van der Waals surface area contributed by atoms with Crippen molar-refractivity contribution >= 4 is 82.1 Å². The number of nitrogens with zero attached hydrogens (tertiary/aromatic N) is 2. The van der Waals surface area contributed by atoms with Crippen molar-refractivity contribution in [1.82, 2.24) is 0 Å². The van der Waals surface area contributed by atoms with Gasteiger partial charge in [0, 0.05) is 39.9 Å². The second-order valence-electron chi connectivity index (χ2n) is 7.16. The van der Waals surface area contributed by atoms with Crippen molar-refractivity contribution in [3.05, 3.63) is 68.7 Å². The summed E-state index contributed by atoms with van der Waals surface area (Å²) in [6.45, 7) is 0. The smallest absolute Gasteiger partial charge is 0.110 e. The Morgan fingerprint density at radius 2 is 1.43 bits per heavy atom. The minimum absolute atomic E-state index is 0.410. The highest BCUT2D eigenvalue weighted by atomic mass is 32.2. The van der Waals surface area contributed by atoms with E-state index in [2.05, 4.69) is 54.6 Å². The van der Waals surface area contributed by atoms with E-state index in [1.165, 1.54) is 45.6 Å². The maximum Gasteiger partial charge on any atom is 0.110 e. The van der Waals surface area contributed by atoms with Crippen LogP contribution in [0.15, 0.2) is 53.4 Å². The van der Waals surface area contributed by atoms with E-state index < -0.39 is 0 Å². The standard InChI is InChI=1S/C24H12N2S4/c25-11-15-9-19-17-7-13(27-21(17)3-5-23(19)29-15)1-2-14-8-18-20-10-16(12-26)30-24(20)6-4-22(18)28-14/h1-7,9-10,14H,8H2/b2-1+. The molecule has 0 saturated carbocycles. The molecule has 0 fully saturated rings.